The molecule has 0 aliphatic rings. The average molecular weight is 280 g/mol. The lowest BCUT2D eigenvalue weighted by atomic mass is 10.2. The van der Waals surface area contributed by atoms with Gasteiger partial charge in [0.1, 0.15) is 0 Å². The summed E-state index contributed by atoms with van der Waals surface area (Å²) in [5, 5.41) is 8.56. The number of sulfonamides is 1. The Labute approximate surface area is 101 Å². The molecule has 0 spiro atoms. The highest BCUT2D eigenvalue weighted by Gasteiger charge is 2.32. The number of rotatable bonds is 3. The van der Waals surface area contributed by atoms with Crippen molar-refractivity contribution in [1.29, 1.82) is 5.26 Å². The van der Waals surface area contributed by atoms with Gasteiger partial charge in [-0.25, -0.2) is 8.42 Å². The fourth-order valence-electron chi connectivity index (χ4n) is 1.09. The quantitative estimate of drug-likeness (QED) is 0.916. The second-order valence-corrected chi connectivity index (χ2v) is 4.99. The molecule has 0 saturated carbocycles. The van der Waals surface area contributed by atoms with E-state index in [1.165, 1.54) is 0 Å². The molecule has 0 aromatic heterocycles. The van der Waals surface area contributed by atoms with Crippen LogP contribution in [0.25, 0.3) is 0 Å². The minimum absolute atomic E-state index is 0.0895. The van der Waals surface area contributed by atoms with Gasteiger partial charge in [-0.2, -0.15) is 5.26 Å². The van der Waals surface area contributed by atoms with Crippen LogP contribution in [0.2, 0.25) is 0 Å². The summed E-state index contributed by atoms with van der Waals surface area (Å²) in [6.07, 6.45) is -4.20. The zero-order valence-electron chi connectivity index (χ0n) is 8.95. The number of anilines is 1. The van der Waals surface area contributed by atoms with E-state index in [9.17, 15) is 21.6 Å². The Morgan fingerprint density at radius 3 is 2.44 bits per heavy atom. The van der Waals surface area contributed by atoms with Crippen LogP contribution in [0.4, 0.5) is 18.9 Å². The average Bonchev–Trinajstić information content (AvgIpc) is 2.16. The van der Waals surface area contributed by atoms with Crippen molar-refractivity contribution in [2.24, 2.45) is 0 Å². The molecular weight excluding hydrogens is 273 g/mol. The van der Waals surface area contributed by atoms with Gasteiger partial charge in [0.15, 0.2) is 5.75 Å². The normalized spacial score (nSPS) is 11.7. The minimum atomic E-state index is -4.98. The van der Waals surface area contributed by atoms with Crippen LogP contribution < -0.4 is 9.46 Å². The van der Waals surface area contributed by atoms with Crippen molar-refractivity contribution in [2.45, 2.75) is 6.36 Å². The molecule has 0 aliphatic heterocycles. The smallest absolute Gasteiger partial charge is 0.403 e. The highest BCUT2D eigenvalue weighted by molar-refractivity contribution is 7.92. The maximum absolute atomic E-state index is 12.1. The summed E-state index contributed by atoms with van der Waals surface area (Å²) < 4.78 is 63.7. The number of nitrogens with zero attached hydrogens (tertiary/aromatic N) is 1. The van der Waals surface area contributed by atoms with Crippen LogP contribution in [0.3, 0.4) is 0 Å². The molecule has 98 valence electrons. The molecule has 9 heteroatoms. The summed E-state index contributed by atoms with van der Waals surface area (Å²) in [7, 11) is -3.76. The van der Waals surface area contributed by atoms with Gasteiger partial charge >= 0.3 is 6.36 Å². The van der Waals surface area contributed by atoms with E-state index < -0.39 is 27.8 Å². The molecule has 0 amide bonds. The van der Waals surface area contributed by atoms with Crippen LogP contribution in [0.15, 0.2) is 18.2 Å². The molecule has 1 aromatic rings. The van der Waals surface area contributed by atoms with Crippen LogP contribution in [0.1, 0.15) is 5.56 Å². The molecule has 1 aromatic carbocycles. The summed E-state index contributed by atoms with van der Waals surface area (Å²) >= 11 is 0. The highest BCUT2D eigenvalue weighted by atomic mass is 32.2. The highest BCUT2D eigenvalue weighted by Crippen LogP contribution is 2.31. The van der Waals surface area contributed by atoms with Crippen LogP contribution in [-0.2, 0) is 10.0 Å². The molecule has 0 heterocycles. The third-order valence-electron chi connectivity index (χ3n) is 1.63. The Bertz CT molecular complexity index is 590. The zero-order valence-corrected chi connectivity index (χ0v) is 9.76. The molecule has 1 rings (SSSR count). The third-order valence-corrected chi connectivity index (χ3v) is 2.22. The SMILES string of the molecule is CS(=O)(=O)Nc1ccc(C#N)cc1OC(F)(F)F. The summed E-state index contributed by atoms with van der Waals surface area (Å²) in [6.45, 7) is 0. The van der Waals surface area contributed by atoms with Crippen LogP contribution in [0, 0.1) is 11.3 Å². The van der Waals surface area contributed by atoms with E-state index >= 15 is 0 Å². The first-order valence-corrected chi connectivity index (χ1v) is 6.27. The largest absolute Gasteiger partial charge is 0.573 e. The first kappa shape index (κ1) is 14.1. The van der Waals surface area contributed by atoms with Crippen LogP contribution in [0.5, 0.6) is 5.75 Å². The third kappa shape index (κ3) is 4.50. The number of ether oxygens (including phenoxy) is 1. The summed E-state index contributed by atoms with van der Waals surface area (Å²) in [6, 6.07) is 4.59. The van der Waals surface area contributed by atoms with Crippen LogP contribution in [-0.4, -0.2) is 21.0 Å². The predicted octanol–water partition coefficient (Wildman–Crippen LogP) is 1.83. The van der Waals surface area contributed by atoms with Gasteiger partial charge in [0, 0.05) is 6.07 Å². The molecular formula is C9H7F3N2O3S. The van der Waals surface area contributed by atoms with Gasteiger partial charge in [0.25, 0.3) is 0 Å². The van der Waals surface area contributed by atoms with Crippen molar-refractivity contribution in [2.75, 3.05) is 11.0 Å². The lowest BCUT2D eigenvalue weighted by Gasteiger charge is -2.13. The van der Waals surface area contributed by atoms with Gasteiger partial charge in [-0.15, -0.1) is 13.2 Å². The van der Waals surface area contributed by atoms with E-state index in [0.717, 1.165) is 24.5 Å². The summed E-state index contributed by atoms with van der Waals surface area (Å²) in [5.74, 6) is -0.785. The van der Waals surface area contributed by atoms with Gasteiger partial charge in [-0.05, 0) is 12.1 Å². The minimum Gasteiger partial charge on any atom is -0.403 e. The lowest BCUT2D eigenvalue weighted by Crippen LogP contribution is -2.19. The maximum atomic E-state index is 12.1. The van der Waals surface area contributed by atoms with E-state index in [1.54, 1.807) is 6.07 Å². The second-order valence-electron chi connectivity index (χ2n) is 3.24. The lowest BCUT2D eigenvalue weighted by molar-refractivity contribution is -0.274. The topological polar surface area (TPSA) is 79.2 Å². The first-order valence-electron chi connectivity index (χ1n) is 4.38. The number of nitrogens with one attached hydrogen (secondary N) is 1. The molecule has 0 saturated heterocycles. The van der Waals surface area contributed by atoms with Gasteiger partial charge in [-0.3, -0.25) is 4.72 Å². The molecule has 0 bridgehead atoms. The maximum Gasteiger partial charge on any atom is 0.573 e. The summed E-state index contributed by atoms with van der Waals surface area (Å²) in [5.41, 5.74) is -0.484. The van der Waals surface area contributed by atoms with E-state index in [2.05, 4.69) is 4.74 Å². The Morgan fingerprint density at radius 1 is 1.39 bits per heavy atom. The second kappa shape index (κ2) is 4.73. The van der Waals surface area contributed by atoms with Gasteiger partial charge in [0.05, 0.1) is 23.6 Å². The van der Waals surface area contributed by atoms with Crippen molar-refractivity contribution >= 4 is 15.7 Å². The number of nitriles is 1. The van der Waals surface area contributed by atoms with Crippen molar-refractivity contribution in [3.63, 3.8) is 0 Å². The molecule has 1 N–H and O–H groups in total. The molecule has 0 unspecified atom stereocenters. The number of benzene rings is 1. The Morgan fingerprint density at radius 2 is 2.00 bits per heavy atom. The van der Waals surface area contributed by atoms with E-state index in [1.807, 2.05) is 4.72 Å². The fraction of sp³-hybridized carbons (Fsp3) is 0.222. The first-order chi connectivity index (χ1) is 8.11. The Balaban J connectivity index is 3.21. The van der Waals surface area contributed by atoms with E-state index in [0.29, 0.717) is 0 Å². The molecule has 0 fully saturated rings. The standard InChI is InChI=1S/C9H7F3N2O3S/c1-18(15,16)14-7-3-2-6(5-13)4-8(7)17-9(10,11)12/h2-4,14H,1H3. The fourth-order valence-corrected chi connectivity index (χ4v) is 1.65. The molecule has 18 heavy (non-hydrogen) atoms. The number of alkyl halides is 3. The summed E-state index contributed by atoms with van der Waals surface area (Å²) in [4.78, 5) is 0. The molecule has 5 nitrogen and oxygen atoms in total. The number of halogens is 3. The Hall–Kier alpha value is -1.95. The van der Waals surface area contributed by atoms with Crippen LogP contribution >= 0.6 is 0 Å². The van der Waals surface area contributed by atoms with Gasteiger partial charge in [-0.1, -0.05) is 0 Å². The molecule has 0 atom stereocenters. The number of hydrogen-bond acceptors (Lipinski definition) is 4. The van der Waals surface area contributed by atoms with Crippen molar-refractivity contribution in [3.8, 4) is 11.8 Å². The molecule has 0 radical (unpaired) electrons. The Kier molecular flexibility index (Phi) is 3.71. The molecule has 0 aliphatic carbocycles. The van der Waals surface area contributed by atoms with Crippen molar-refractivity contribution < 1.29 is 26.3 Å². The predicted molar refractivity (Wildman–Crippen MR) is 56.3 cm³/mol. The number of hydrogen-bond donors (Lipinski definition) is 1. The van der Waals surface area contributed by atoms with E-state index in [4.69, 9.17) is 5.26 Å². The van der Waals surface area contributed by atoms with Crippen molar-refractivity contribution in [1.82, 2.24) is 0 Å². The van der Waals surface area contributed by atoms with Crippen molar-refractivity contribution in [3.05, 3.63) is 23.8 Å². The van der Waals surface area contributed by atoms with Gasteiger partial charge < -0.3 is 4.74 Å². The van der Waals surface area contributed by atoms with E-state index in [-0.39, 0.29) is 5.56 Å². The zero-order chi connectivity index (χ0) is 14.0. The van der Waals surface area contributed by atoms with Gasteiger partial charge in [0.2, 0.25) is 10.0 Å². The monoisotopic (exact) mass is 280 g/mol.